The first-order valence-corrected chi connectivity index (χ1v) is 8.60. The summed E-state index contributed by atoms with van der Waals surface area (Å²) >= 11 is 0. The maximum Gasteiger partial charge on any atom is 0.338 e. The average Bonchev–Trinajstić information content (AvgIpc) is 2.57. The molecular weight excluding hydrogens is 352 g/mol. The molecule has 27 heavy (non-hydrogen) atoms. The van der Waals surface area contributed by atoms with Crippen LogP contribution >= 0.6 is 0 Å². The molecule has 8 nitrogen and oxygen atoms in total. The molecule has 0 atom stereocenters. The van der Waals surface area contributed by atoms with Gasteiger partial charge in [0.15, 0.2) is 18.1 Å². The Morgan fingerprint density at radius 2 is 1.81 bits per heavy atom. The highest BCUT2D eigenvalue weighted by molar-refractivity contribution is 5.92. The van der Waals surface area contributed by atoms with Crippen LogP contribution in [-0.4, -0.2) is 62.1 Å². The number of nitrogens with zero attached hydrogens (tertiary/aromatic N) is 1. The van der Waals surface area contributed by atoms with Gasteiger partial charge in [0.05, 0.1) is 25.8 Å². The van der Waals surface area contributed by atoms with Crippen LogP contribution in [0.15, 0.2) is 18.2 Å². The molecule has 1 aromatic rings. The summed E-state index contributed by atoms with van der Waals surface area (Å²) in [6.45, 7) is 7.18. The van der Waals surface area contributed by atoms with E-state index in [0.29, 0.717) is 18.1 Å². The number of rotatable bonds is 8. The van der Waals surface area contributed by atoms with Crippen LogP contribution in [0.25, 0.3) is 0 Å². The van der Waals surface area contributed by atoms with Crippen LogP contribution < -0.4 is 14.8 Å². The molecule has 0 aromatic heterocycles. The van der Waals surface area contributed by atoms with Crippen molar-refractivity contribution in [2.45, 2.75) is 33.2 Å². The zero-order valence-corrected chi connectivity index (χ0v) is 16.8. The van der Waals surface area contributed by atoms with E-state index in [9.17, 15) is 14.4 Å². The van der Waals surface area contributed by atoms with Gasteiger partial charge in [0, 0.05) is 12.6 Å². The summed E-state index contributed by atoms with van der Waals surface area (Å²) in [5, 5.41) is 2.76. The minimum Gasteiger partial charge on any atom is -0.493 e. The highest BCUT2D eigenvalue weighted by atomic mass is 16.5. The van der Waals surface area contributed by atoms with Crippen molar-refractivity contribution in [3.8, 4) is 11.5 Å². The molecule has 1 N–H and O–H groups in total. The number of ether oxygens (including phenoxy) is 3. The molecule has 150 valence electrons. The van der Waals surface area contributed by atoms with Crippen molar-refractivity contribution in [3.05, 3.63) is 23.8 Å². The normalized spacial score (nSPS) is 10.7. The Hall–Kier alpha value is -2.77. The van der Waals surface area contributed by atoms with E-state index in [4.69, 9.17) is 14.2 Å². The zero-order chi connectivity index (χ0) is 20.6. The van der Waals surface area contributed by atoms with Crippen molar-refractivity contribution in [3.63, 3.8) is 0 Å². The molecule has 0 aliphatic heterocycles. The number of benzene rings is 1. The maximum absolute atomic E-state index is 12.2. The molecule has 2 amide bonds. The molecule has 1 rings (SSSR count). The molecule has 0 spiro atoms. The summed E-state index contributed by atoms with van der Waals surface area (Å²) in [5.41, 5.74) is -0.153. The molecule has 0 aliphatic rings. The molecule has 0 unspecified atom stereocenters. The van der Waals surface area contributed by atoms with Gasteiger partial charge in [-0.1, -0.05) is 0 Å². The van der Waals surface area contributed by atoms with Gasteiger partial charge in [-0.15, -0.1) is 0 Å². The average molecular weight is 380 g/mol. The number of carbonyl (C=O) groups excluding carboxylic acids is 3. The van der Waals surface area contributed by atoms with Gasteiger partial charge < -0.3 is 24.4 Å². The van der Waals surface area contributed by atoms with E-state index in [1.54, 1.807) is 6.07 Å². The number of methoxy groups -OCH3 is 1. The van der Waals surface area contributed by atoms with Crippen LogP contribution in [0, 0.1) is 0 Å². The van der Waals surface area contributed by atoms with E-state index in [-0.39, 0.29) is 23.6 Å². The number of hydrogen-bond donors (Lipinski definition) is 1. The largest absolute Gasteiger partial charge is 0.493 e. The number of amides is 2. The summed E-state index contributed by atoms with van der Waals surface area (Å²) in [4.78, 5) is 37.3. The van der Waals surface area contributed by atoms with E-state index in [1.807, 2.05) is 27.7 Å². The van der Waals surface area contributed by atoms with Crippen LogP contribution in [0.3, 0.4) is 0 Å². The summed E-state index contributed by atoms with van der Waals surface area (Å²) in [6, 6.07) is 4.61. The highest BCUT2D eigenvalue weighted by Gasteiger charge is 2.19. The highest BCUT2D eigenvalue weighted by Crippen LogP contribution is 2.28. The summed E-state index contributed by atoms with van der Waals surface area (Å²) < 4.78 is 15.6. The van der Waals surface area contributed by atoms with E-state index in [2.05, 4.69) is 5.32 Å². The number of likely N-dealkylation sites (N-methyl/N-ethyl adjacent to an activating group) is 1. The molecular formula is C19H28N2O6. The van der Waals surface area contributed by atoms with Crippen molar-refractivity contribution in [1.82, 2.24) is 10.2 Å². The van der Waals surface area contributed by atoms with Crippen LogP contribution in [0.5, 0.6) is 11.5 Å². The Kier molecular flexibility index (Phi) is 8.08. The molecule has 0 radical (unpaired) electrons. The van der Waals surface area contributed by atoms with E-state index >= 15 is 0 Å². The quantitative estimate of drug-likeness (QED) is 0.689. The van der Waals surface area contributed by atoms with Gasteiger partial charge in [-0.2, -0.15) is 0 Å². The van der Waals surface area contributed by atoms with Crippen molar-refractivity contribution in [1.29, 1.82) is 0 Å². The second kappa shape index (κ2) is 9.80. The van der Waals surface area contributed by atoms with E-state index < -0.39 is 18.5 Å². The minimum atomic E-state index is -0.667. The second-order valence-electron chi connectivity index (χ2n) is 6.92. The number of nitrogens with one attached hydrogen (secondary N) is 1. The van der Waals surface area contributed by atoms with Gasteiger partial charge in [0.25, 0.3) is 5.91 Å². The third-order valence-corrected chi connectivity index (χ3v) is 3.35. The Labute approximate surface area is 159 Å². The Morgan fingerprint density at radius 3 is 2.37 bits per heavy atom. The van der Waals surface area contributed by atoms with Gasteiger partial charge in [-0.05, 0) is 45.9 Å². The SMILES string of the molecule is CCOc1cc(C(=O)OCC(=O)N(C)CC(=O)NC(C)(C)C)ccc1OC. The monoisotopic (exact) mass is 380 g/mol. The lowest BCUT2D eigenvalue weighted by molar-refractivity contribution is -0.137. The maximum atomic E-state index is 12.2. The molecule has 0 heterocycles. The summed E-state index contributed by atoms with van der Waals surface area (Å²) in [6.07, 6.45) is 0. The fourth-order valence-corrected chi connectivity index (χ4v) is 2.15. The Balaban J connectivity index is 2.61. The van der Waals surface area contributed by atoms with Gasteiger partial charge in [-0.3, -0.25) is 9.59 Å². The first-order valence-electron chi connectivity index (χ1n) is 8.60. The predicted molar refractivity (Wildman–Crippen MR) is 100.0 cm³/mol. The van der Waals surface area contributed by atoms with Crippen LogP contribution in [0.4, 0.5) is 0 Å². The van der Waals surface area contributed by atoms with E-state index in [1.165, 1.54) is 31.2 Å². The molecule has 0 fully saturated rings. The number of hydrogen-bond acceptors (Lipinski definition) is 6. The third kappa shape index (κ3) is 7.55. The summed E-state index contributed by atoms with van der Waals surface area (Å²) in [5.74, 6) is -0.530. The Morgan fingerprint density at radius 1 is 1.15 bits per heavy atom. The molecule has 0 saturated heterocycles. The van der Waals surface area contributed by atoms with Gasteiger partial charge in [0.2, 0.25) is 5.91 Å². The topological polar surface area (TPSA) is 94.2 Å². The van der Waals surface area contributed by atoms with E-state index in [0.717, 1.165) is 0 Å². The number of esters is 1. The summed E-state index contributed by atoms with van der Waals surface area (Å²) in [7, 11) is 2.97. The van der Waals surface area contributed by atoms with Crippen molar-refractivity contribution >= 4 is 17.8 Å². The lowest BCUT2D eigenvalue weighted by atomic mass is 10.1. The zero-order valence-electron chi connectivity index (χ0n) is 16.8. The molecule has 0 aliphatic carbocycles. The van der Waals surface area contributed by atoms with Crippen molar-refractivity contribution in [2.75, 3.05) is 33.9 Å². The second-order valence-corrected chi connectivity index (χ2v) is 6.92. The molecule has 0 saturated carbocycles. The predicted octanol–water partition coefficient (Wildman–Crippen LogP) is 1.62. The third-order valence-electron chi connectivity index (χ3n) is 3.35. The van der Waals surface area contributed by atoms with Crippen molar-refractivity contribution in [2.24, 2.45) is 0 Å². The first-order chi connectivity index (χ1) is 12.6. The van der Waals surface area contributed by atoms with Crippen LogP contribution in [-0.2, 0) is 14.3 Å². The van der Waals surface area contributed by atoms with Gasteiger partial charge in [0.1, 0.15) is 0 Å². The Bertz CT molecular complexity index is 681. The first kappa shape index (κ1) is 22.3. The van der Waals surface area contributed by atoms with Crippen LogP contribution in [0.2, 0.25) is 0 Å². The molecule has 0 bridgehead atoms. The lowest BCUT2D eigenvalue weighted by Crippen LogP contribution is -2.46. The van der Waals surface area contributed by atoms with Crippen molar-refractivity contribution < 1.29 is 28.6 Å². The molecule has 1 aromatic carbocycles. The smallest absolute Gasteiger partial charge is 0.338 e. The fraction of sp³-hybridized carbons (Fsp3) is 0.526. The standard InChI is InChI=1S/C19H28N2O6/c1-7-26-15-10-13(8-9-14(15)25-6)18(24)27-12-17(23)21(5)11-16(22)20-19(2,3)4/h8-10H,7,11-12H2,1-6H3,(H,20,22). The lowest BCUT2D eigenvalue weighted by Gasteiger charge is -2.23. The van der Waals surface area contributed by atoms with Gasteiger partial charge in [-0.25, -0.2) is 4.79 Å². The fourth-order valence-electron chi connectivity index (χ4n) is 2.15. The van der Waals surface area contributed by atoms with Crippen LogP contribution in [0.1, 0.15) is 38.1 Å². The minimum absolute atomic E-state index is 0.120. The van der Waals surface area contributed by atoms with Gasteiger partial charge >= 0.3 is 5.97 Å². The number of carbonyl (C=O) groups is 3. The molecule has 8 heteroatoms.